The van der Waals surface area contributed by atoms with Crippen molar-refractivity contribution in [2.24, 2.45) is 5.92 Å². The molecule has 0 radical (unpaired) electrons. The minimum absolute atomic E-state index is 0.300. The van der Waals surface area contributed by atoms with Crippen LogP contribution in [0.4, 0.5) is 0 Å². The summed E-state index contributed by atoms with van der Waals surface area (Å²) in [6.45, 7) is 3.16. The highest BCUT2D eigenvalue weighted by Gasteiger charge is 2.34. The van der Waals surface area contributed by atoms with Crippen molar-refractivity contribution in [1.29, 1.82) is 0 Å². The molecule has 0 spiro atoms. The predicted octanol–water partition coefficient (Wildman–Crippen LogP) is 2.98. The Hall–Kier alpha value is -0.870. The molecule has 0 bridgehead atoms. The molecule has 3 nitrogen and oxygen atoms in total. The van der Waals surface area contributed by atoms with Crippen LogP contribution in [-0.2, 0) is 11.2 Å². The highest BCUT2D eigenvalue weighted by atomic mass is 79.9. The van der Waals surface area contributed by atoms with Gasteiger partial charge in [0, 0.05) is 17.1 Å². The van der Waals surface area contributed by atoms with E-state index in [0.29, 0.717) is 24.3 Å². The Balaban J connectivity index is 1.61. The Morgan fingerprint density at radius 2 is 2.00 bits per heavy atom. The van der Waals surface area contributed by atoms with Gasteiger partial charge >= 0.3 is 0 Å². The van der Waals surface area contributed by atoms with Crippen LogP contribution >= 0.6 is 15.9 Å². The molecule has 0 atom stereocenters. The zero-order valence-electron chi connectivity index (χ0n) is 12.4. The molecule has 1 aliphatic heterocycles. The molecule has 1 aliphatic carbocycles. The van der Waals surface area contributed by atoms with Gasteiger partial charge in [0.1, 0.15) is 0 Å². The first-order valence-corrected chi connectivity index (χ1v) is 8.76. The van der Waals surface area contributed by atoms with Gasteiger partial charge in [0.05, 0.1) is 6.42 Å². The molecule has 1 saturated carbocycles. The molecular weight excluding hydrogens is 328 g/mol. The minimum Gasteiger partial charge on any atom is -0.339 e. The van der Waals surface area contributed by atoms with Crippen molar-refractivity contribution in [3.63, 3.8) is 0 Å². The van der Waals surface area contributed by atoms with Crippen LogP contribution in [0.1, 0.15) is 31.2 Å². The average Bonchev–Trinajstić information content (AvgIpc) is 3.30. The van der Waals surface area contributed by atoms with Gasteiger partial charge in [-0.05, 0) is 62.4 Å². The van der Waals surface area contributed by atoms with Crippen molar-refractivity contribution in [3.05, 3.63) is 34.3 Å². The number of halogens is 1. The maximum absolute atomic E-state index is 12.7. The number of carbonyl (C=O) groups is 1. The van der Waals surface area contributed by atoms with Gasteiger partial charge in [0.15, 0.2) is 0 Å². The van der Waals surface area contributed by atoms with Crippen molar-refractivity contribution in [2.45, 2.75) is 38.1 Å². The van der Waals surface area contributed by atoms with Crippen LogP contribution in [0.15, 0.2) is 28.7 Å². The number of amides is 1. The molecule has 114 valence electrons. The van der Waals surface area contributed by atoms with Gasteiger partial charge in [-0.2, -0.15) is 0 Å². The monoisotopic (exact) mass is 350 g/mol. The molecule has 2 fully saturated rings. The molecule has 1 aromatic rings. The van der Waals surface area contributed by atoms with Crippen LogP contribution in [-0.4, -0.2) is 36.5 Å². The van der Waals surface area contributed by atoms with Gasteiger partial charge in [-0.1, -0.05) is 28.1 Å². The fourth-order valence-corrected chi connectivity index (χ4v) is 3.55. The zero-order chi connectivity index (χ0) is 14.7. The summed E-state index contributed by atoms with van der Waals surface area (Å²) in [6, 6.07) is 8.61. The van der Waals surface area contributed by atoms with Crippen LogP contribution < -0.4 is 5.32 Å². The van der Waals surface area contributed by atoms with E-state index >= 15 is 0 Å². The van der Waals surface area contributed by atoms with Crippen LogP contribution in [0.5, 0.6) is 0 Å². The number of nitrogens with zero attached hydrogens (tertiary/aromatic N) is 1. The molecule has 1 N–H and O–H groups in total. The van der Waals surface area contributed by atoms with E-state index in [4.69, 9.17) is 0 Å². The third-order valence-corrected chi connectivity index (χ3v) is 4.96. The number of hydrogen-bond donors (Lipinski definition) is 1. The van der Waals surface area contributed by atoms with E-state index in [1.165, 1.54) is 25.7 Å². The van der Waals surface area contributed by atoms with Crippen molar-refractivity contribution < 1.29 is 4.79 Å². The normalized spacial score (nSPS) is 19.5. The summed E-state index contributed by atoms with van der Waals surface area (Å²) in [5, 5.41) is 3.40. The Morgan fingerprint density at radius 1 is 1.24 bits per heavy atom. The first kappa shape index (κ1) is 15.0. The van der Waals surface area contributed by atoms with Crippen LogP contribution in [0.2, 0.25) is 0 Å². The standard InChI is InChI=1S/C17H23BrN2O/c18-15-3-1-2-14(10-15)11-17(21)20(16-4-5-16)12-13-6-8-19-9-7-13/h1-3,10,13,16,19H,4-9,11-12H2. The van der Waals surface area contributed by atoms with Crippen molar-refractivity contribution >= 4 is 21.8 Å². The van der Waals surface area contributed by atoms with Gasteiger partial charge < -0.3 is 10.2 Å². The smallest absolute Gasteiger partial charge is 0.227 e. The van der Waals surface area contributed by atoms with Gasteiger partial charge in [-0.25, -0.2) is 0 Å². The molecule has 1 aromatic carbocycles. The molecule has 21 heavy (non-hydrogen) atoms. The summed E-state index contributed by atoms with van der Waals surface area (Å²) in [5.41, 5.74) is 1.10. The minimum atomic E-state index is 0.300. The average molecular weight is 351 g/mol. The highest BCUT2D eigenvalue weighted by molar-refractivity contribution is 9.10. The fourth-order valence-electron chi connectivity index (χ4n) is 3.11. The number of rotatable bonds is 5. The molecule has 0 aromatic heterocycles. The molecule has 1 heterocycles. The van der Waals surface area contributed by atoms with Crippen LogP contribution in [0, 0.1) is 5.92 Å². The Labute approximate surface area is 135 Å². The van der Waals surface area contributed by atoms with E-state index in [1.807, 2.05) is 24.3 Å². The van der Waals surface area contributed by atoms with E-state index < -0.39 is 0 Å². The maximum Gasteiger partial charge on any atom is 0.227 e. The van der Waals surface area contributed by atoms with Gasteiger partial charge in [-0.15, -0.1) is 0 Å². The topological polar surface area (TPSA) is 32.3 Å². The summed E-state index contributed by atoms with van der Waals surface area (Å²) >= 11 is 3.48. The van der Waals surface area contributed by atoms with Crippen LogP contribution in [0.25, 0.3) is 0 Å². The zero-order valence-corrected chi connectivity index (χ0v) is 13.9. The van der Waals surface area contributed by atoms with Gasteiger partial charge in [-0.3, -0.25) is 4.79 Å². The van der Waals surface area contributed by atoms with Crippen molar-refractivity contribution in [2.75, 3.05) is 19.6 Å². The van der Waals surface area contributed by atoms with E-state index in [9.17, 15) is 4.79 Å². The molecular formula is C17H23BrN2O. The highest BCUT2D eigenvalue weighted by Crippen LogP contribution is 2.29. The first-order chi connectivity index (χ1) is 10.2. The van der Waals surface area contributed by atoms with Crippen LogP contribution in [0.3, 0.4) is 0 Å². The molecule has 0 unspecified atom stereocenters. The quantitative estimate of drug-likeness (QED) is 0.885. The second kappa shape index (κ2) is 6.93. The largest absolute Gasteiger partial charge is 0.339 e. The summed E-state index contributed by atoms with van der Waals surface area (Å²) in [5.74, 6) is 0.979. The lowest BCUT2D eigenvalue weighted by atomic mass is 9.97. The van der Waals surface area contributed by atoms with E-state index in [1.54, 1.807) is 0 Å². The SMILES string of the molecule is O=C(Cc1cccc(Br)c1)N(CC1CCNCC1)C1CC1. The lowest BCUT2D eigenvalue weighted by molar-refractivity contribution is -0.131. The summed E-state index contributed by atoms with van der Waals surface area (Å²) in [7, 11) is 0. The van der Waals surface area contributed by atoms with Crippen molar-refractivity contribution in [3.8, 4) is 0 Å². The molecule has 1 amide bonds. The lowest BCUT2D eigenvalue weighted by Crippen LogP contribution is -2.41. The summed E-state index contributed by atoms with van der Waals surface area (Å²) in [6.07, 6.45) is 5.31. The third-order valence-electron chi connectivity index (χ3n) is 4.47. The molecule has 1 saturated heterocycles. The second-order valence-corrected chi connectivity index (χ2v) is 7.19. The van der Waals surface area contributed by atoms with Crippen molar-refractivity contribution in [1.82, 2.24) is 10.2 Å². The van der Waals surface area contributed by atoms with Gasteiger partial charge in [0.2, 0.25) is 5.91 Å². The predicted molar refractivity (Wildman–Crippen MR) is 88.2 cm³/mol. The lowest BCUT2D eigenvalue weighted by Gasteiger charge is -2.30. The van der Waals surface area contributed by atoms with E-state index in [2.05, 4.69) is 26.1 Å². The Kier molecular flexibility index (Phi) is 4.96. The maximum atomic E-state index is 12.7. The Bertz CT molecular complexity index is 495. The number of piperidine rings is 1. The van der Waals surface area contributed by atoms with Gasteiger partial charge in [0.25, 0.3) is 0 Å². The third kappa shape index (κ3) is 4.30. The molecule has 2 aliphatic rings. The van der Waals surface area contributed by atoms with E-state index in [0.717, 1.165) is 29.7 Å². The first-order valence-electron chi connectivity index (χ1n) is 7.97. The summed E-state index contributed by atoms with van der Waals surface area (Å²) in [4.78, 5) is 14.8. The number of benzene rings is 1. The number of hydrogen-bond acceptors (Lipinski definition) is 2. The second-order valence-electron chi connectivity index (χ2n) is 6.28. The van der Waals surface area contributed by atoms with E-state index in [-0.39, 0.29) is 0 Å². The number of carbonyl (C=O) groups excluding carboxylic acids is 1. The Morgan fingerprint density at radius 3 is 2.67 bits per heavy atom. The summed E-state index contributed by atoms with van der Waals surface area (Å²) < 4.78 is 1.05. The fraction of sp³-hybridized carbons (Fsp3) is 0.588. The number of nitrogens with one attached hydrogen (secondary N) is 1. The molecule has 3 rings (SSSR count). The molecule has 4 heteroatoms.